The quantitative estimate of drug-likeness (QED) is 0.633. The second kappa shape index (κ2) is 7.23. The summed E-state index contributed by atoms with van der Waals surface area (Å²) in [4.78, 5) is 19.2. The Labute approximate surface area is 142 Å². The zero-order chi connectivity index (χ0) is 16.9. The van der Waals surface area contributed by atoms with Gasteiger partial charge in [0.25, 0.3) is 5.95 Å². The lowest BCUT2D eigenvalue weighted by molar-refractivity contribution is 0.262. The van der Waals surface area contributed by atoms with Gasteiger partial charge in [-0.3, -0.25) is 20.4 Å². The second-order valence-electron chi connectivity index (χ2n) is 5.33. The van der Waals surface area contributed by atoms with Gasteiger partial charge in [-0.15, -0.1) is 16.4 Å². The largest absolute Gasteiger partial charge is 0.327 e. The number of thiophene rings is 1. The van der Waals surface area contributed by atoms with Crippen molar-refractivity contribution in [1.82, 2.24) is 29.9 Å². The van der Waals surface area contributed by atoms with Crippen molar-refractivity contribution in [3.8, 4) is 10.7 Å². The number of aromatic amines is 1. The van der Waals surface area contributed by atoms with Crippen LogP contribution in [0, 0.1) is 0 Å². The molecule has 24 heavy (non-hydrogen) atoms. The standard InChI is InChI=1S/C14H18N8OS/c1-21(2)7-8-22-6-5-11(20-22)15-14(23)17-13-16-12(18-19-13)10-4-3-9-24-10/h3-6,9H,7-8H2,1-2H3,(H3,15,16,17,18,19,20,23). The van der Waals surface area contributed by atoms with Crippen LogP contribution in [0.5, 0.6) is 0 Å². The summed E-state index contributed by atoms with van der Waals surface area (Å²) < 4.78 is 1.78. The van der Waals surface area contributed by atoms with Crippen LogP contribution >= 0.6 is 11.3 Å². The van der Waals surface area contributed by atoms with Crippen LogP contribution in [0.3, 0.4) is 0 Å². The summed E-state index contributed by atoms with van der Waals surface area (Å²) in [5.41, 5.74) is 0. The van der Waals surface area contributed by atoms with Gasteiger partial charge < -0.3 is 4.90 Å². The van der Waals surface area contributed by atoms with E-state index in [1.807, 2.05) is 37.8 Å². The first-order chi connectivity index (χ1) is 11.6. The van der Waals surface area contributed by atoms with Crippen molar-refractivity contribution in [3.63, 3.8) is 0 Å². The van der Waals surface area contributed by atoms with Crippen molar-refractivity contribution in [2.45, 2.75) is 6.54 Å². The number of carbonyl (C=O) groups excluding carboxylic acids is 1. The van der Waals surface area contributed by atoms with E-state index in [4.69, 9.17) is 0 Å². The predicted molar refractivity (Wildman–Crippen MR) is 93.1 cm³/mol. The van der Waals surface area contributed by atoms with E-state index in [0.29, 0.717) is 11.6 Å². The Hall–Kier alpha value is -2.72. The first kappa shape index (κ1) is 16.1. The van der Waals surface area contributed by atoms with Gasteiger partial charge in [0.1, 0.15) is 0 Å². The molecule has 0 saturated heterocycles. The zero-order valence-electron chi connectivity index (χ0n) is 13.4. The maximum absolute atomic E-state index is 12.0. The molecule has 0 saturated carbocycles. The SMILES string of the molecule is CN(C)CCn1ccc(NC(=O)Nc2n[nH]c(-c3cccs3)n2)n1. The molecule has 3 N–H and O–H groups in total. The highest BCUT2D eigenvalue weighted by molar-refractivity contribution is 7.13. The molecule has 0 fully saturated rings. The van der Waals surface area contributed by atoms with E-state index in [2.05, 4.69) is 35.8 Å². The van der Waals surface area contributed by atoms with Gasteiger partial charge in [0.15, 0.2) is 11.6 Å². The highest BCUT2D eigenvalue weighted by atomic mass is 32.1. The topological polar surface area (TPSA) is 104 Å². The van der Waals surface area contributed by atoms with Crippen molar-refractivity contribution in [2.75, 3.05) is 31.3 Å². The Morgan fingerprint density at radius 1 is 1.38 bits per heavy atom. The second-order valence-corrected chi connectivity index (χ2v) is 6.28. The lowest BCUT2D eigenvalue weighted by Crippen LogP contribution is -2.21. The molecule has 0 unspecified atom stereocenters. The molecule has 3 heterocycles. The highest BCUT2D eigenvalue weighted by Gasteiger charge is 2.10. The van der Waals surface area contributed by atoms with Gasteiger partial charge in [-0.05, 0) is 25.5 Å². The fourth-order valence-electron chi connectivity index (χ4n) is 1.95. The molecule has 0 spiro atoms. The molecule has 126 valence electrons. The minimum absolute atomic E-state index is 0.211. The van der Waals surface area contributed by atoms with E-state index in [-0.39, 0.29) is 5.95 Å². The van der Waals surface area contributed by atoms with Crippen molar-refractivity contribution >= 4 is 29.1 Å². The highest BCUT2D eigenvalue weighted by Crippen LogP contribution is 2.21. The Bertz CT molecular complexity index is 791. The summed E-state index contributed by atoms with van der Waals surface area (Å²) in [5, 5.41) is 18.2. The van der Waals surface area contributed by atoms with Crippen molar-refractivity contribution in [1.29, 1.82) is 0 Å². The van der Waals surface area contributed by atoms with E-state index in [0.717, 1.165) is 18.0 Å². The molecule has 3 aromatic heterocycles. The predicted octanol–water partition coefficient (Wildman–Crippen LogP) is 1.94. The monoisotopic (exact) mass is 346 g/mol. The molecule has 10 heteroatoms. The van der Waals surface area contributed by atoms with Crippen molar-refractivity contribution < 1.29 is 4.79 Å². The maximum Gasteiger partial charge on any atom is 0.327 e. The normalized spacial score (nSPS) is 11.0. The van der Waals surface area contributed by atoms with Crippen LogP contribution in [0.1, 0.15) is 0 Å². The van der Waals surface area contributed by atoms with E-state index < -0.39 is 6.03 Å². The minimum Gasteiger partial charge on any atom is -0.308 e. The van der Waals surface area contributed by atoms with Crippen LogP contribution in [0.4, 0.5) is 16.6 Å². The third-order valence-electron chi connectivity index (χ3n) is 3.12. The minimum atomic E-state index is -0.440. The van der Waals surface area contributed by atoms with Gasteiger partial charge in [0, 0.05) is 18.8 Å². The summed E-state index contributed by atoms with van der Waals surface area (Å²) in [6, 6.07) is 5.15. The van der Waals surface area contributed by atoms with Crippen LogP contribution in [-0.4, -0.2) is 56.5 Å². The molecule has 0 radical (unpaired) electrons. The third-order valence-corrected chi connectivity index (χ3v) is 4.00. The van der Waals surface area contributed by atoms with Crippen LogP contribution < -0.4 is 10.6 Å². The molecule has 0 aliphatic rings. The fraction of sp³-hybridized carbons (Fsp3) is 0.286. The summed E-state index contributed by atoms with van der Waals surface area (Å²) in [5.74, 6) is 1.30. The molecular formula is C14H18N8OS. The Balaban J connectivity index is 1.54. The number of hydrogen-bond donors (Lipinski definition) is 3. The van der Waals surface area contributed by atoms with Gasteiger partial charge >= 0.3 is 6.03 Å². The average molecular weight is 346 g/mol. The van der Waals surface area contributed by atoms with Crippen LogP contribution in [0.25, 0.3) is 10.7 Å². The van der Waals surface area contributed by atoms with Gasteiger partial charge in [-0.2, -0.15) is 10.1 Å². The molecule has 0 bridgehead atoms. The number of likely N-dealkylation sites (N-methyl/N-ethyl adjacent to an activating group) is 1. The summed E-state index contributed by atoms with van der Waals surface area (Å²) in [6.45, 7) is 1.62. The van der Waals surface area contributed by atoms with Gasteiger partial charge in [0.2, 0.25) is 0 Å². The molecule has 2 amide bonds. The summed E-state index contributed by atoms with van der Waals surface area (Å²) >= 11 is 1.54. The van der Waals surface area contributed by atoms with E-state index in [1.165, 1.54) is 0 Å². The number of aromatic nitrogens is 5. The number of carbonyl (C=O) groups is 1. The van der Waals surface area contributed by atoms with E-state index in [1.54, 1.807) is 22.1 Å². The first-order valence-electron chi connectivity index (χ1n) is 7.32. The smallest absolute Gasteiger partial charge is 0.308 e. The molecule has 0 atom stereocenters. The van der Waals surface area contributed by atoms with E-state index in [9.17, 15) is 4.79 Å². The lowest BCUT2D eigenvalue weighted by atomic mass is 10.4. The van der Waals surface area contributed by atoms with Crippen LogP contribution in [0.15, 0.2) is 29.8 Å². The number of nitrogens with one attached hydrogen (secondary N) is 3. The third kappa shape index (κ3) is 4.18. The number of anilines is 2. The Kier molecular flexibility index (Phi) is 4.87. The summed E-state index contributed by atoms with van der Waals surface area (Å²) in [7, 11) is 3.99. The first-order valence-corrected chi connectivity index (χ1v) is 8.20. The molecule has 0 aliphatic heterocycles. The fourth-order valence-corrected chi connectivity index (χ4v) is 2.61. The van der Waals surface area contributed by atoms with Crippen LogP contribution in [-0.2, 0) is 6.54 Å². The van der Waals surface area contributed by atoms with Gasteiger partial charge in [-0.1, -0.05) is 6.07 Å². The van der Waals surface area contributed by atoms with Crippen molar-refractivity contribution in [2.24, 2.45) is 0 Å². The molecule has 3 aromatic rings. The lowest BCUT2D eigenvalue weighted by Gasteiger charge is -2.08. The molecular weight excluding hydrogens is 328 g/mol. The number of amides is 2. The number of H-pyrrole nitrogens is 1. The maximum atomic E-state index is 12.0. The average Bonchev–Trinajstić information content (AvgIpc) is 3.26. The Morgan fingerprint density at radius 3 is 3.00 bits per heavy atom. The molecule has 0 aliphatic carbocycles. The van der Waals surface area contributed by atoms with Gasteiger partial charge in [-0.25, -0.2) is 4.79 Å². The van der Waals surface area contributed by atoms with Gasteiger partial charge in [0.05, 0.1) is 11.4 Å². The molecule has 0 aromatic carbocycles. The Morgan fingerprint density at radius 2 is 2.25 bits per heavy atom. The zero-order valence-corrected chi connectivity index (χ0v) is 14.2. The van der Waals surface area contributed by atoms with Crippen LogP contribution in [0.2, 0.25) is 0 Å². The molecule has 9 nitrogen and oxygen atoms in total. The summed E-state index contributed by atoms with van der Waals surface area (Å²) in [6.07, 6.45) is 1.82. The number of rotatable bonds is 6. The van der Waals surface area contributed by atoms with E-state index >= 15 is 0 Å². The number of nitrogens with zero attached hydrogens (tertiary/aromatic N) is 5. The number of hydrogen-bond acceptors (Lipinski definition) is 6. The number of urea groups is 1. The molecule has 3 rings (SSSR count). The van der Waals surface area contributed by atoms with Crippen molar-refractivity contribution in [3.05, 3.63) is 29.8 Å².